The fraction of sp³-hybridized carbons (Fsp3) is 0.455. The van der Waals surface area contributed by atoms with Gasteiger partial charge in [0, 0.05) is 37.3 Å². The van der Waals surface area contributed by atoms with Gasteiger partial charge in [0.05, 0.1) is 0 Å². The van der Waals surface area contributed by atoms with Gasteiger partial charge in [0.25, 0.3) is 0 Å². The summed E-state index contributed by atoms with van der Waals surface area (Å²) in [6.07, 6.45) is 4.27. The van der Waals surface area contributed by atoms with Gasteiger partial charge in [-0.05, 0) is 12.3 Å². The van der Waals surface area contributed by atoms with Gasteiger partial charge < -0.3 is 10.6 Å². The number of nitrogens with one attached hydrogen (secondary N) is 2. The van der Waals surface area contributed by atoms with Crippen LogP contribution in [0.5, 0.6) is 0 Å². The Morgan fingerprint density at radius 1 is 1.50 bits per heavy atom. The smallest absolute Gasteiger partial charge is 0.221 e. The van der Waals surface area contributed by atoms with Crippen LogP contribution in [-0.4, -0.2) is 30.2 Å². The van der Waals surface area contributed by atoms with Crippen LogP contribution in [0, 0.1) is 0 Å². The van der Waals surface area contributed by atoms with Crippen molar-refractivity contribution in [3.8, 4) is 0 Å². The maximum atomic E-state index is 11.5. The number of thioether (sulfide) groups is 1. The number of nitrogens with zero attached hydrogens (tertiary/aromatic N) is 1. The molecule has 2 rings (SSSR count). The summed E-state index contributed by atoms with van der Waals surface area (Å²) >= 11 is 1.61. The SMILES string of the molecule is CSc1ncccc1C1CC(=O)NCCN1. The Kier molecular flexibility index (Phi) is 3.79. The molecule has 1 aromatic heterocycles. The summed E-state index contributed by atoms with van der Waals surface area (Å²) < 4.78 is 0. The highest BCUT2D eigenvalue weighted by Crippen LogP contribution is 2.26. The average molecular weight is 237 g/mol. The third-order valence-electron chi connectivity index (χ3n) is 2.60. The Bertz CT molecular complexity index is 383. The summed E-state index contributed by atoms with van der Waals surface area (Å²) in [4.78, 5) is 15.8. The molecule has 16 heavy (non-hydrogen) atoms. The average Bonchev–Trinajstić information content (AvgIpc) is 2.54. The predicted molar refractivity (Wildman–Crippen MR) is 64.4 cm³/mol. The molecule has 1 aliphatic heterocycles. The van der Waals surface area contributed by atoms with Crippen molar-refractivity contribution in [2.24, 2.45) is 0 Å². The van der Waals surface area contributed by atoms with Gasteiger partial charge in [0.2, 0.25) is 5.91 Å². The molecule has 1 aliphatic rings. The molecule has 2 N–H and O–H groups in total. The molecule has 1 atom stereocenters. The van der Waals surface area contributed by atoms with Crippen LogP contribution in [0.2, 0.25) is 0 Å². The summed E-state index contributed by atoms with van der Waals surface area (Å²) in [5.74, 6) is 0.103. The molecule has 0 aromatic carbocycles. The monoisotopic (exact) mass is 237 g/mol. The summed E-state index contributed by atoms with van der Waals surface area (Å²) in [5, 5.41) is 7.21. The number of carbonyl (C=O) groups excluding carboxylic acids is 1. The maximum absolute atomic E-state index is 11.5. The molecule has 1 saturated heterocycles. The second-order valence-electron chi connectivity index (χ2n) is 3.66. The fourth-order valence-electron chi connectivity index (χ4n) is 1.84. The van der Waals surface area contributed by atoms with Crippen molar-refractivity contribution < 1.29 is 4.79 Å². The van der Waals surface area contributed by atoms with Crippen LogP contribution in [0.3, 0.4) is 0 Å². The Hall–Kier alpha value is -1.07. The number of hydrogen-bond acceptors (Lipinski definition) is 4. The lowest BCUT2D eigenvalue weighted by molar-refractivity contribution is -0.121. The second-order valence-corrected chi connectivity index (χ2v) is 4.46. The number of rotatable bonds is 2. The largest absolute Gasteiger partial charge is 0.355 e. The van der Waals surface area contributed by atoms with Gasteiger partial charge in [-0.3, -0.25) is 4.79 Å². The molecule has 86 valence electrons. The first-order valence-electron chi connectivity index (χ1n) is 5.30. The molecule has 0 saturated carbocycles. The number of pyridine rings is 1. The lowest BCUT2D eigenvalue weighted by atomic mass is 10.1. The van der Waals surface area contributed by atoms with Gasteiger partial charge in [-0.25, -0.2) is 4.98 Å². The minimum absolute atomic E-state index is 0.0821. The van der Waals surface area contributed by atoms with Crippen molar-refractivity contribution in [3.63, 3.8) is 0 Å². The molecule has 1 unspecified atom stereocenters. The highest BCUT2D eigenvalue weighted by atomic mass is 32.2. The van der Waals surface area contributed by atoms with Crippen molar-refractivity contribution in [1.29, 1.82) is 0 Å². The molecule has 4 nitrogen and oxygen atoms in total. The van der Waals surface area contributed by atoms with Crippen LogP contribution in [-0.2, 0) is 4.79 Å². The molecule has 1 amide bonds. The lowest BCUT2D eigenvalue weighted by Gasteiger charge is -2.16. The van der Waals surface area contributed by atoms with Crippen LogP contribution >= 0.6 is 11.8 Å². The first kappa shape index (κ1) is 11.4. The van der Waals surface area contributed by atoms with E-state index in [1.807, 2.05) is 18.4 Å². The number of hydrogen-bond donors (Lipinski definition) is 2. The minimum Gasteiger partial charge on any atom is -0.355 e. The van der Waals surface area contributed by atoms with E-state index in [0.717, 1.165) is 17.1 Å². The molecular formula is C11H15N3OS. The molecule has 2 heterocycles. The molecular weight excluding hydrogens is 222 g/mol. The minimum atomic E-state index is 0.0821. The fourth-order valence-corrected chi connectivity index (χ4v) is 2.45. The number of aromatic nitrogens is 1. The quantitative estimate of drug-likeness (QED) is 0.752. The molecule has 0 spiro atoms. The zero-order chi connectivity index (χ0) is 11.4. The Labute approximate surface area is 99.2 Å². The third kappa shape index (κ3) is 2.54. The van der Waals surface area contributed by atoms with E-state index in [-0.39, 0.29) is 11.9 Å². The van der Waals surface area contributed by atoms with Crippen LogP contribution in [0.15, 0.2) is 23.4 Å². The van der Waals surface area contributed by atoms with E-state index >= 15 is 0 Å². The van der Waals surface area contributed by atoms with Gasteiger partial charge >= 0.3 is 0 Å². The number of carbonyl (C=O) groups is 1. The Balaban J connectivity index is 2.24. The van der Waals surface area contributed by atoms with Crippen molar-refractivity contribution in [2.45, 2.75) is 17.5 Å². The zero-order valence-corrected chi connectivity index (χ0v) is 10.0. The molecule has 0 radical (unpaired) electrons. The maximum Gasteiger partial charge on any atom is 0.221 e. The normalized spacial score (nSPS) is 21.3. The molecule has 0 aliphatic carbocycles. The van der Waals surface area contributed by atoms with Crippen molar-refractivity contribution in [3.05, 3.63) is 23.9 Å². The van der Waals surface area contributed by atoms with E-state index in [0.29, 0.717) is 13.0 Å². The standard InChI is InChI=1S/C11H15N3OS/c1-16-11-8(3-2-4-14-11)9-7-10(15)13-6-5-12-9/h2-4,9,12H,5-7H2,1H3,(H,13,15). The molecule has 5 heteroatoms. The first-order valence-corrected chi connectivity index (χ1v) is 6.52. The van der Waals surface area contributed by atoms with E-state index in [1.165, 1.54) is 0 Å². The summed E-state index contributed by atoms with van der Waals surface area (Å²) in [7, 11) is 0. The highest BCUT2D eigenvalue weighted by molar-refractivity contribution is 7.98. The molecule has 1 aromatic rings. The molecule has 0 bridgehead atoms. The van der Waals surface area contributed by atoms with Crippen molar-refractivity contribution >= 4 is 17.7 Å². The second kappa shape index (κ2) is 5.32. The zero-order valence-electron chi connectivity index (χ0n) is 9.19. The highest BCUT2D eigenvalue weighted by Gasteiger charge is 2.20. The summed E-state index contributed by atoms with van der Waals surface area (Å²) in [5.41, 5.74) is 1.12. The van der Waals surface area contributed by atoms with Crippen LogP contribution in [0.4, 0.5) is 0 Å². The summed E-state index contributed by atoms with van der Waals surface area (Å²) in [6.45, 7) is 1.50. The van der Waals surface area contributed by atoms with Gasteiger partial charge in [-0.2, -0.15) is 0 Å². The van der Waals surface area contributed by atoms with E-state index in [2.05, 4.69) is 15.6 Å². The van der Waals surface area contributed by atoms with E-state index in [9.17, 15) is 4.79 Å². The van der Waals surface area contributed by atoms with Crippen molar-refractivity contribution in [1.82, 2.24) is 15.6 Å². The van der Waals surface area contributed by atoms with E-state index < -0.39 is 0 Å². The first-order chi connectivity index (χ1) is 7.81. The Morgan fingerprint density at radius 3 is 3.19 bits per heavy atom. The predicted octanol–water partition coefficient (Wildman–Crippen LogP) is 0.954. The van der Waals surface area contributed by atoms with Crippen LogP contribution in [0.1, 0.15) is 18.0 Å². The van der Waals surface area contributed by atoms with Gasteiger partial charge in [-0.15, -0.1) is 11.8 Å². The topological polar surface area (TPSA) is 54.0 Å². The van der Waals surface area contributed by atoms with Crippen molar-refractivity contribution in [2.75, 3.05) is 19.3 Å². The van der Waals surface area contributed by atoms with Gasteiger partial charge in [0.1, 0.15) is 5.03 Å². The van der Waals surface area contributed by atoms with E-state index in [1.54, 1.807) is 18.0 Å². The number of amides is 1. The lowest BCUT2D eigenvalue weighted by Crippen LogP contribution is -2.24. The summed E-state index contributed by atoms with van der Waals surface area (Å²) in [6, 6.07) is 4.04. The van der Waals surface area contributed by atoms with Gasteiger partial charge in [0.15, 0.2) is 0 Å². The van der Waals surface area contributed by atoms with Crippen LogP contribution < -0.4 is 10.6 Å². The Morgan fingerprint density at radius 2 is 2.38 bits per heavy atom. The third-order valence-corrected chi connectivity index (χ3v) is 3.32. The van der Waals surface area contributed by atoms with Gasteiger partial charge in [-0.1, -0.05) is 6.07 Å². The van der Waals surface area contributed by atoms with Crippen LogP contribution in [0.25, 0.3) is 0 Å². The molecule has 1 fully saturated rings. The van der Waals surface area contributed by atoms with E-state index in [4.69, 9.17) is 0 Å².